The van der Waals surface area contributed by atoms with Crippen molar-refractivity contribution in [3.8, 4) is 0 Å². The van der Waals surface area contributed by atoms with Gasteiger partial charge in [-0.2, -0.15) is 0 Å². The number of hydrogen-bond donors (Lipinski definition) is 2. The monoisotopic (exact) mass is 353 g/mol. The van der Waals surface area contributed by atoms with Gasteiger partial charge < -0.3 is 15.2 Å². The summed E-state index contributed by atoms with van der Waals surface area (Å²) >= 11 is 7.86. The van der Waals surface area contributed by atoms with Gasteiger partial charge in [-0.05, 0) is 40.8 Å². The molecule has 1 atom stereocenters. The number of aldehydes is 1. The Labute approximate surface area is 111 Å². The molecule has 2 N–H and O–H groups in total. The molecule has 1 rings (SSSR count). The third kappa shape index (κ3) is 3.64. The molecule has 0 fully saturated rings. The average molecular weight is 354 g/mol. The van der Waals surface area contributed by atoms with Crippen LogP contribution in [-0.2, 0) is 9.59 Å². The molecule has 1 aromatic rings. The first-order chi connectivity index (χ1) is 7.54. The Balaban J connectivity index is 2.88. The number of rotatable bonds is 5. The van der Waals surface area contributed by atoms with E-state index in [9.17, 15) is 9.59 Å². The zero-order valence-electron chi connectivity index (χ0n) is 8.11. The van der Waals surface area contributed by atoms with Crippen molar-refractivity contribution in [3.63, 3.8) is 0 Å². The molecule has 16 heavy (non-hydrogen) atoms. The largest absolute Gasteiger partial charge is 0.480 e. The van der Waals surface area contributed by atoms with Gasteiger partial charge in [-0.3, -0.25) is 0 Å². The summed E-state index contributed by atoms with van der Waals surface area (Å²) < 4.78 is 0.846. The van der Waals surface area contributed by atoms with Crippen LogP contribution in [0.15, 0.2) is 18.2 Å². The van der Waals surface area contributed by atoms with E-state index in [2.05, 4.69) is 27.9 Å². The molecular weight excluding hydrogens is 344 g/mol. The van der Waals surface area contributed by atoms with Crippen LogP contribution in [0.25, 0.3) is 0 Å². The van der Waals surface area contributed by atoms with Crippen LogP contribution in [0, 0.1) is 3.57 Å². The third-order valence-electron chi connectivity index (χ3n) is 1.89. The first-order valence-corrected chi connectivity index (χ1v) is 5.88. The zero-order chi connectivity index (χ0) is 12.1. The second-order valence-corrected chi connectivity index (χ2v) is 4.66. The Morgan fingerprint density at radius 1 is 1.62 bits per heavy atom. The molecule has 0 radical (unpaired) electrons. The Morgan fingerprint density at radius 3 is 2.88 bits per heavy atom. The molecule has 0 aliphatic rings. The van der Waals surface area contributed by atoms with E-state index < -0.39 is 12.0 Å². The molecule has 86 valence electrons. The van der Waals surface area contributed by atoms with E-state index in [0.29, 0.717) is 17.0 Å². The van der Waals surface area contributed by atoms with Crippen molar-refractivity contribution in [2.45, 2.75) is 12.5 Å². The van der Waals surface area contributed by atoms with E-state index in [0.717, 1.165) is 3.57 Å². The van der Waals surface area contributed by atoms with Crippen LogP contribution >= 0.6 is 34.2 Å². The van der Waals surface area contributed by atoms with Crippen molar-refractivity contribution in [3.05, 3.63) is 26.8 Å². The summed E-state index contributed by atoms with van der Waals surface area (Å²) in [6.45, 7) is 0. The van der Waals surface area contributed by atoms with E-state index in [1.54, 1.807) is 18.2 Å². The SMILES string of the molecule is O=CCC(Nc1cc(Cl)ccc1I)C(=O)O. The van der Waals surface area contributed by atoms with Gasteiger partial charge in [-0.1, -0.05) is 11.6 Å². The molecule has 1 aromatic carbocycles. The predicted octanol–water partition coefficient (Wildman–Crippen LogP) is 2.40. The lowest BCUT2D eigenvalue weighted by Gasteiger charge is -2.14. The van der Waals surface area contributed by atoms with Crippen LogP contribution in [-0.4, -0.2) is 23.4 Å². The second-order valence-electron chi connectivity index (χ2n) is 3.06. The number of halogens is 2. The highest BCUT2D eigenvalue weighted by Gasteiger charge is 2.17. The van der Waals surface area contributed by atoms with E-state index in [-0.39, 0.29) is 6.42 Å². The topological polar surface area (TPSA) is 66.4 Å². The minimum Gasteiger partial charge on any atom is -0.480 e. The molecule has 0 amide bonds. The molecule has 0 aromatic heterocycles. The first-order valence-electron chi connectivity index (χ1n) is 4.42. The first kappa shape index (κ1) is 13.2. The lowest BCUT2D eigenvalue weighted by Crippen LogP contribution is -2.29. The van der Waals surface area contributed by atoms with Crippen LogP contribution in [0.3, 0.4) is 0 Å². The number of carboxylic acid groups (broad SMARTS) is 1. The van der Waals surface area contributed by atoms with Gasteiger partial charge in [0.15, 0.2) is 0 Å². The molecule has 0 heterocycles. The maximum Gasteiger partial charge on any atom is 0.326 e. The average Bonchev–Trinajstić information content (AvgIpc) is 2.22. The normalized spacial score (nSPS) is 11.9. The van der Waals surface area contributed by atoms with Crippen LogP contribution in [0.1, 0.15) is 6.42 Å². The Bertz CT molecular complexity index is 411. The minimum atomic E-state index is -1.07. The number of anilines is 1. The maximum atomic E-state index is 10.8. The van der Waals surface area contributed by atoms with Gasteiger partial charge in [-0.25, -0.2) is 4.79 Å². The molecule has 0 bridgehead atoms. The number of carbonyl (C=O) groups excluding carboxylic acids is 1. The highest BCUT2D eigenvalue weighted by molar-refractivity contribution is 14.1. The van der Waals surface area contributed by atoms with Crippen molar-refractivity contribution in [2.24, 2.45) is 0 Å². The Kier molecular flexibility index (Phi) is 5.01. The van der Waals surface area contributed by atoms with Crippen molar-refractivity contribution >= 4 is 52.1 Å². The smallest absolute Gasteiger partial charge is 0.326 e. The molecule has 0 aliphatic carbocycles. The number of nitrogens with one attached hydrogen (secondary N) is 1. The molecule has 0 spiro atoms. The number of benzene rings is 1. The van der Waals surface area contributed by atoms with Crippen LogP contribution in [0.2, 0.25) is 5.02 Å². The number of carbonyl (C=O) groups is 2. The second kappa shape index (κ2) is 6.05. The van der Waals surface area contributed by atoms with Crippen molar-refractivity contribution in [1.29, 1.82) is 0 Å². The van der Waals surface area contributed by atoms with Crippen LogP contribution in [0.5, 0.6) is 0 Å². The summed E-state index contributed by atoms with van der Waals surface area (Å²) in [6.07, 6.45) is 0.487. The highest BCUT2D eigenvalue weighted by Crippen LogP contribution is 2.23. The fraction of sp³-hybridized carbons (Fsp3) is 0.200. The van der Waals surface area contributed by atoms with E-state index in [1.807, 2.05) is 0 Å². The van der Waals surface area contributed by atoms with Crippen molar-refractivity contribution in [1.82, 2.24) is 0 Å². The Morgan fingerprint density at radius 2 is 2.31 bits per heavy atom. The lowest BCUT2D eigenvalue weighted by molar-refractivity contribution is -0.138. The van der Waals surface area contributed by atoms with Gasteiger partial charge >= 0.3 is 5.97 Å². The quantitative estimate of drug-likeness (QED) is 0.630. The van der Waals surface area contributed by atoms with Crippen LogP contribution in [0.4, 0.5) is 5.69 Å². The van der Waals surface area contributed by atoms with E-state index >= 15 is 0 Å². The summed E-state index contributed by atoms with van der Waals surface area (Å²) in [7, 11) is 0. The van der Waals surface area contributed by atoms with Gasteiger partial charge in [0.25, 0.3) is 0 Å². The van der Waals surface area contributed by atoms with E-state index in [4.69, 9.17) is 16.7 Å². The maximum absolute atomic E-state index is 10.8. The number of carboxylic acids is 1. The molecule has 0 aliphatic heterocycles. The molecule has 6 heteroatoms. The van der Waals surface area contributed by atoms with Gasteiger partial charge in [0.05, 0.1) is 0 Å². The molecule has 0 saturated carbocycles. The molecule has 0 saturated heterocycles. The van der Waals surface area contributed by atoms with Crippen LogP contribution < -0.4 is 5.32 Å². The Hall–Kier alpha value is -0.820. The summed E-state index contributed by atoms with van der Waals surface area (Å²) in [4.78, 5) is 21.2. The molecular formula is C10H9ClINO3. The summed E-state index contributed by atoms with van der Waals surface area (Å²) in [6, 6.07) is 4.18. The summed E-state index contributed by atoms with van der Waals surface area (Å²) in [5.74, 6) is -1.07. The number of aliphatic carboxylic acids is 1. The standard InChI is InChI=1S/C10H9ClINO3/c11-6-1-2-7(12)9(5-6)13-8(3-4-14)10(15)16/h1-2,4-5,8,13H,3H2,(H,15,16). The fourth-order valence-electron chi connectivity index (χ4n) is 1.11. The van der Waals surface area contributed by atoms with Gasteiger partial charge in [0.2, 0.25) is 0 Å². The summed E-state index contributed by atoms with van der Waals surface area (Å²) in [5, 5.41) is 12.1. The zero-order valence-corrected chi connectivity index (χ0v) is 11.0. The fourth-order valence-corrected chi connectivity index (χ4v) is 1.78. The minimum absolute atomic E-state index is 0.0854. The molecule has 1 unspecified atom stereocenters. The van der Waals surface area contributed by atoms with E-state index in [1.165, 1.54) is 0 Å². The third-order valence-corrected chi connectivity index (χ3v) is 3.06. The van der Waals surface area contributed by atoms with Crippen molar-refractivity contribution in [2.75, 3.05) is 5.32 Å². The molecule has 4 nitrogen and oxygen atoms in total. The highest BCUT2D eigenvalue weighted by atomic mass is 127. The number of hydrogen-bond acceptors (Lipinski definition) is 3. The van der Waals surface area contributed by atoms with Gasteiger partial charge in [0, 0.05) is 20.7 Å². The van der Waals surface area contributed by atoms with Gasteiger partial charge in [-0.15, -0.1) is 0 Å². The lowest BCUT2D eigenvalue weighted by atomic mass is 10.2. The van der Waals surface area contributed by atoms with Crippen molar-refractivity contribution < 1.29 is 14.7 Å². The van der Waals surface area contributed by atoms with Gasteiger partial charge in [0.1, 0.15) is 12.3 Å². The predicted molar refractivity (Wildman–Crippen MR) is 69.9 cm³/mol. The summed E-state index contributed by atoms with van der Waals surface area (Å²) in [5.41, 5.74) is 0.613.